The van der Waals surface area contributed by atoms with Crippen LogP contribution in [0.25, 0.3) is 0 Å². The Kier molecular flexibility index (Phi) is 6.74. The largest absolute Gasteiger partial charge is 0.396 e. The van der Waals surface area contributed by atoms with E-state index in [4.69, 9.17) is 5.11 Å². The number of thiophene rings is 1. The summed E-state index contributed by atoms with van der Waals surface area (Å²) in [6.45, 7) is 3.85. The molecule has 1 aromatic heterocycles. The minimum atomic E-state index is -2.54. The van der Waals surface area contributed by atoms with Gasteiger partial charge in [-0.3, -0.25) is 4.79 Å². The van der Waals surface area contributed by atoms with Crippen LogP contribution in [-0.4, -0.2) is 29.4 Å². The van der Waals surface area contributed by atoms with Crippen molar-refractivity contribution in [3.63, 3.8) is 0 Å². The molecular weight excluding hydrogens is 292 g/mol. The van der Waals surface area contributed by atoms with Gasteiger partial charge in [0.2, 0.25) is 0 Å². The summed E-state index contributed by atoms with van der Waals surface area (Å²) in [6.07, 6.45) is 0.451. The molecule has 0 aliphatic carbocycles. The number of rotatable bonds is 7. The Labute approximate surface area is 119 Å². The number of thioether (sulfide) groups is 1. The molecule has 1 heterocycles. The van der Waals surface area contributed by atoms with E-state index in [9.17, 15) is 13.6 Å². The van der Waals surface area contributed by atoms with E-state index in [2.05, 4.69) is 5.32 Å². The third-order valence-corrected chi connectivity index (χ3v) is 4.43. The Balaban J connectivity index is 2.74. The van der Waals surface area contributed by atoms with Crippen molar-refractivity contribution in [1.29, 1.82) is 0 Å². The lowest BCUT2D eigenvalue weighted by atomic mass is 10.0. The van der Waals surface area contributed by atoms with Gasteiger partial charge in [0.25, 0.3) is 11.7 Å². The average molecular weight is 309 g/mol. The summed E-state index contributed by atoms with van der Waals surface area (Å²) in [6, 6.07) is 1.36. The quantitative estimate of drug-likeness (QED) is 0.761. The predicted octanol–water partition coefficient (Wildman–Crippen LogP) is 3.20. The van der Waals surface area contributed by atoms with Gasteiger partial charge in [0.1, 0.15) is 4.88 Å². The van der Waals surface area contributed by atoms with E-state index in [0.717, 1.165) is 11.3 Å². The molecule has 108 valence electrons. The van der Waals surface area contributed by atoms with Crippen LogP contribution in [0.15, 0.2) is 16.3 Å². The molecule has 2 N–H and O–H groups in total. The molecule has 0 saturated carbocycles. The Bertz CT molecular complexity index is 410. The summed E-state index contributed by atoms with van der Waals surface area (Å²) in [5, 5.41) is 13.4. The Morgan fingerprint density at radius 2 is 2.21 bits per heavy atom. The fraction of sp³-hybridized carbons (Fsp3) is 0.583. The molecule has 1 atom stereocenters. The first kappa shape index (κ1) is 16.4. The zero-order valence-corrected chi connectivity index (χ0v) is 12.4. The zero-order valence-electron chi connectivity index (χ0n) is 10.7. The lowest BCUT2D eigenvalue weighted by Gasteiger charge is -2.21. The zero-order chi connectivity index (χ0) is 14.4. The minimum Gasteiger partial charge on any atom is -0.396 e. The topological polar surface area (TPSA) is 49.3 Å². The SMILES string of the molecule is CC(C)C(CCO)NC(=O)c1sccc1SC(F)F. The minimum absolute atomic E-state index is 0.0216. The van der Waals surface area contributed by atoms with E-state index in [1.807, 2.05) is 13.8 Å². The van der Waals surface area contributed by atoms with Crippen LogP contribution in [0.4, 0.5) is 8.78 Å². The van der Waals surface area contributed by atoms with Gasteiger partial charge in [0.15, 0.2) is 0 Å². The molecule has 1 amide bonds. The van der Waals surface area contributed by atoms with E-state index in [1.54, 1.807) is 5.38 Å². The van der Waals surface area contributed by atoms with Crippen LogP contribution in [0, 0.1) is 5.92 Å². The number of carbonyl (C=O) groups is 1. The standard InChI is InChI=1S/C12H17F2NO2S2/c1-7(2)8(3-5-16)15-11(17)10-9(4-6-18-10)19-12(13)14/h4,6-8,12,16H,3,5H2,1-2H3,(H,15,17). The van der Waals surface area contributed by atoms with Gasteiger partial charge >= 0.3 is 0 Å². The average Bonchev–Trinajstić information content (AvgIpc) is 2.75. The fourth-order valence-corrected chi connectivity index (χ4v) is 3.20. The summed E-state index contributed by atoms with van der Waals surface area (Å²) in [4.78, 5) is 12.7. The molecule has 0 fully saturated rings. The monoisotopic (exact) mass is 309 g/mol. The van der Waals surface area contributed by atoms with Crippen LogP contribution in [0.5, 0.6) is 0 Å². The number of aliphatic hydroxyl groups is 1. The molecule has 1 aromatic rings. The van der Waals surface area contributed by atoms with Gasteiger partial charge in [-0.2, -0.15) is 8.78 Å². The molecule has 0 radical (unpaired) electrons. The van der Waals surface area contributed by atoms with Crippen molar-refractivity contribution < 1.29 is 18.7 Å². The van der Waals surface area contributed by atoms with E-state index < -0.39 is 5.76 Å². The first-order valence-electron chi connectivity index (χ1n) is 5.89. The van der Waals surface area contributed by atoms with Crippen LogP contribution < -0.4 is 5.32 Å². The molecule has 0 saturated heterocycles. The van der Waals surface area contributed by atoms with Crippen molar-refractivity contribution in [3.8, 4) is 0 Å². The summed E-state index contributed by atoms with van der Waals surface area (Å²) in [5.74, 6) is -2.73. The number of halogens is 2. The molecule has 0 bridgehead atoms. The van der Waals surface area contributed by atoms with E-state index in [0.29, 0.717) is 28.0 Å². The highest BCUT2D eigenvalue weighted by Gasteiger charge is 2.21. The summed E-state index contributed by atoms with van der Waals surface area (Å²) >= 11 is 1.52. The molecule has 0 spiro atoms. The molecule has 0 aliphatic rings. The lowest BCUT2D eigenvalue weighted by Crippen LogP contribution is -2.39. The van der Waals surface area contributed by atoms with Gasteiger partial charge < -0.3 is 10.4 Å². The highest BCUT2D eigenvalue weighted by Crippen LogP contribution is 2.32. The smallest absolute Gasteiger partial charge is 0.288 e. The number of nitrogens with one attached hydrogen (secondary N) is 1. The van der Waals surface area contributed by atoms with Crippen LogP contribution in [-0.2, 0) is 0 Å². The summed E-state index contributed by atoms with van der Waals surface area (Å²) < 4.78 is 24.7. The lowest BCUT2D eigenvalue weighted by molar-refractivity contribution is 0.0918. The van der Waals surface area contributed by atoms with Crippen molar-refractivity contribution >= 4 is 29.0 Å². The molecule has 1 unspecified atom stereocenters. The Hall–Kier alpha value is -0.660. The maximum Gasteiger partial charge on any atom is 0.288 e. The van der Waals surface area contributed by atoms with Gasteiger partial charge in [0, 0.05) is 17.5 Å². The Morgan fingerprint density at radius 1 is 1.53 bits per heavy atom. The molecule has 3 nitrogen and oxygen atoms in total. The highest BCUT2D eigenvalue weighted by atomic mass is 32.2. The van der Waals surface area contributed by atoms with Gasteiger partial charge in [-0.25, -0.2) is 0 Å². The van der Waals surface area contributed by atoms with E-state index >= 15 is 0 Å². The maximum absolute atomic E-state index is 12.4. The third-order valence-electron chi connectivity index (χ3n) is 2.61. The fourth-order valence-electron chi connectivity index (χ4n) is 1.60. The molecule has 0 aromatic carbocycles. The van der Waals surface area contributed by atoms with Gasteiger partial charge in [-0.1, -0.05) is 25.6 Å². The van der Waals surface area contributed by atoms with Gasteiger partial charge in [-0.05, 0) is 23.8 Å². The molecule has 19 heavy (non-hydrogen) atoms. The summed E-state index contributed by atoms with van der Waals surface area (Å²) in [5.41, 5.74) is 0. The van der Waals surface area contributed by atoms with Crippen molar-refractivity contribution in [3.05, 3.63) is 16.3 Å². The molecule has 0 aliphatic heterocycles. The van der Waals surface area contributed by atoms with Gasteiger partial charge in [-0.15, -0.1) is 11.3 Å². The molecular formula is C12H17F2NO2S2. The van der Waals surface area contributed by atoms with Crippen LogP contribution >= 0.6 is 23.1 Å². The Morgan fingerprint density at radius 3 is 2.74 bits per heavy atom. The van der Waals surface area contributed by atoms with E-state index in [1.165, 1.54) is 6.07 Å². The second-order valence-electron chi connectivity index (χ2n) is 4.33. The number of hydrogen-bond donors (Lipinski definition) is 2. The normalized spacial score (nSPS) is 13.0. The molecule has 1 rings (SSSR count). The van der Waals surface area contributed by atoms with Crippen molar-refractivity contribution in [2.24, 2.45) is 5.92 Å². The second kappa shape index (κ2) is 7.81. The second-order valence-corrected chi connectivity index (χ2v) is 6.28. The molecule has 7 heteroatoms. The van der Waals surface area contributed by atoms with Crippen molar-refractivity contribution in [2.75, 3.05) is 6.61 Å². The first-order chi connectivity index (χ1) is 8.95. The maximum atomic E-state index is 12.4. The van der Waals surface area contributed by atoms with Crippen molar-refractivity contribution in [1.82, 2.24) is 5.32 Å². The number of carbonyl (C=O) groups excluding carboxylic acids is 1. The number of alkyl halides is 2. The predicted molar refractivity (Wildman–Crippen MR) is 74.0 cm³/mol. The number of hydrogen-bond acceptors (Lipinski definition) is 4. The highest BCUT2D eigenvalue weighted by molar-refractivity contribution is 7.99. The van der Waals surface area contributed by atoms with E-state index in [-0.39, 0.29) is 24.5 Å². The number of aliphatic hydroxyl groups excluding tert-OH is 1. The first-order valence-corrected chi connectivity index (χ1v) is 7.65. The van der Waals surface area contributed by atoms with Gasteiger partial charge in [0.05, 0.1) is 0 Å². The third kappa shape index (κ3) is 5.08. The van der Waals surface area contributed by atoms with Crippen LogP contribution in [0.1, 0.15) is 29.9 Å². The van der Waals surface area contributed by atoms with Crippen LogP contribution in [0.3, 0.4) is 0 Å². The number of amides is 1. The van der Waals surface area contributed by atoms with Crippen LogP contribution in [0.2, 0.25) is 0 Å². The van der Waals surface area contributed by atoms with Crippen molar-refractivity contribution in [2.45, 2.75) is 37.0 Å². The summed E-state index contributed by atoms with van der Waals surface area (Å²) in [7, 11) is 0.